The van der Waals surface area contributed by atoms with Crippen LogP contribution in [0.4, 0.5) is 0 Å². The fourth-order valence-corrected chi connectivity index (χ4v) is 3.13. The standard InChI is InChI=1S/C10H15N5O3S/c1-7-10(9(5-16)15-14-7)19(17,18)13-3-2-8-4-11-6-12-8/h4,6,13,16H,2-3,5H2,1H3,(H,11,12)(H,14,15). The summed E-state index contributed by atoms with van der Waals surface area (Å²) in [7, 11) is -3.68. The molecular formula is C10H15N5O3S. The first-order valence-corrected chi connectivity index (χ1v) is 7.14. The highest BCUT2D eigenvalue weighted by atomic mass is 32.2. The van der Waals surface area contributed by atoms with E-state index in [1.807, 2.05) is 0 Å². The van der Waals surface area contributed by atoms with Crippen LogP contribution in [0.15, 0.2) is 17.4 Å². The molecule has 0 aliphatic heterocycles. The zero-order chi connectivity index (χ0) is 13.9. The molecule has 0 spiro atoms. The molecule has 2 aromatic heterocycles. The van der Waals surface area contributed by atoms with Crippen LogP contribution in [0.1, 0.15) is 17.1 Å². The summed E-state index contributed by atoms with van der Waals surface area (Å²) in [5, 5.41) is 15.4. The molecule has 0 atom stereocenters. The largest absolute Gasteiger partial charge is 0.390 e. The van der Waals surface area contributed by atoms with Crippen molar-refractivity contribution < 1.29 is 13.5 Å². The van der Waals surface area contributed by atoms with Crippen molar-refractivity contribution in [2.24, 2.45) is 0 Å². The summed E-state index contributed by atoms with van der Waals surface area (Å²) in [6.07, 6.45) is 3.68. The summed E-state index contributed by atoms with van der Waals surface area (Å²) in [5.41, 5.74) is 1.36. The Hall–Kier alpha value is -1.71. The smallest absolute Gasteiger partial charge is 0.244 e. The van der Waals surface area contributed by atoms with E-state index in [0.29, 0.717) is 12.1 Å². The number of aromatic nitrogens is 4. The van der Waals surface area contributed by atoms with Crippen LogP contribution in [-0.4, -0.2) is 40.2 Å². The van der Waals surface area contributed by atoms with Crippen molar-refractivity contribution in [3.8, 4) is 0 Å². The van der Waals surface area contributed by atoms with Crippen LogP contribution < -0.4 is 4.72 Å². The predicted molar refractivity (Wildman–Crippen MR) is 66.7 cm³/mol. The Kier molecular flexibility index (Phi) is 3.98. The summed E-state index contributed by atoms with van der Waals surface area (Å²) < 4.78 is 26.7. The van der Waals surface area contributed by atoms with E-state index in [2.05, 4.69) is 24.9 Å². The highest BCUT2D eigenvalue weighted by Crippen LogP contribution is 2.17. The van der Waals surface area contributed by atoms with Crippen LogP contribution in [0, 0.1) is 6.92 Å². The average Bonchev–Trinajstić information content (AvgIpc) is 2.98. The van der Waals surface area contributed by atoms with Crippen LogP contribution in [-0.2, 0) is 23.1 Å². The van der Waals surface area contributed by atoms with Gasteiger partial charge in [-0.1, -0.05) is 0 Å². The van der Waals surface area contributed by atoms with E-state index < -0.39 is 16.6 Å². The monoisotopic (exact) mass is 285 g/mol. The zero-order valence-electron chi connectivity index (χ0n) is 10.3. The van der Waals surface area contributed by atoms with Crippen LogP contribution in [0.5, 0.6) is 0 Å². The Bertz CT molecular complexity index is 632. The van der Waals surface area contributed by atoms with Crippen molar-refractivity contribution in [3.63, 3.8) is 0 Å². The molecule has 0 bridgehead atoms. The van der Waals surface area contributed by atoms with Gasteiger partial charge in [0.15, 0.2) is 0 Å². The first-order chi connectivity index (χ1) is 9.04. The zero-order valence-corrected chi connectivity index (χ0v) is 11.2. The molecule has 0 saturated carbocycles. The molecule has 2 rings (SSSR count). The summed E-state index contributed by atoms with van der Waals surface area (Å²) in [4.78, 5) is 6.75. The Morgan fingerprint density at radius 1 is 1.47 bits per heavy atom. The molecule has 8 nitrogen and oxygen atoms in total. The maximum atomic E-state index is 12.1. The van der Waals surface area contributed by atoms with Crippen molar-refractivity contribution in [1.29, 1.82) is 0 Å². The molecule has 2 aromatic rings. The number of nitrogens with one attached hydrogen (secondary N) is 3. The maximum absolute atomic E-state index is 12.1. The third-order valence-electron chi connectivity index (χ3n) is 2.62. The van der Waals surface area contributed by atoms with Gasteiger partial charge in [0.05, 0.1) is 18.6 Å². The van der Waals surface area contributed by atoms with E-state index in [4.69, 9.17) is 5.11 Å². The number of H-pyrrole nitrogens is 2. The normalized spacial score (nSPS) is 11.9. The minimum atomic E-state index is -3.68. The molecule has 4 N–H and O–H groups in total. The molecule has 2 heterocycles. The number of sulfonamides is 1. The molecule has 0 aliphatic rings. The Balaban J connectivity index is 2.07. The molecule has 0 aliphatic carbocycles. The average molecular weight is 285 g/mol. The molecule has 19 heavy (non-hydrogen) atoms. The Labute approximate surface area is 110 Å². The SMILES string of the molecule is Cc1[nH]nc(CO)c1S(=O)(=O)NCCc1cnc[nH]1. The lowest BCUT2D eigenvalue weighted by molar-refractivity contribution is 0.273. The number of nitrogens with zero attached hydrogens (tertiary/aromatic N) is 2. The number of aliphatic hydroxyl groups excluding tert-OH is 1. The number of aryl methyl sites for hydroxylation is 1. The summed E-state index contributed by atoms with van der Waals surface area (Å²) in [6.45, 7) is 1.40. The van der Waals surface area contributed by atoms with Crippen molar-refractivity contribution >= 4 is 10.0 Å². The second kappa shape index (κ2) is 5.51. The second-order valence-corrected chi connectivity index (χ2v) is 5.71. The molecule has 104 valence electrons. The second-order valence-electron chi connectivity index (χ2n) is 4.01. The Morgan fingerprint density at radius 2 is 2.26 bits per heavy atom. The van der Waals surface area contributed by atoms with Gasteiger partial charge in [-0.2, -0.15) is 5.10 Å². The molecule has 0 radical (unpaired) electrons. The van der Waals surface area contributed by atoms with Crippen LogP contribution in [0.2, 0.25) is 0 Å². The van der Waals surface area contributed by atoms with Crippen LogP contribution in [0.25, 0.3) is 0 Å². The van der Waals surface area contributed by atoms with Crippen LogP contribution in [0.3, 0.4) is 0 Å². The minimum Gasteiger partial charge on any atom is -0.390 e. The molecule has 9 heteroatoms. The third-order valence-corrected chi connectivity index (χ3v) is 4.28. The van der Waals surface area contributed by atoms with Gasteiger partial charge in [0.1, 0.15) is 10.6 Å². The number of hydrogen-bond donors (Lipinski definition) is 4. The minimum absolute atomic E-state index is 0.0135. The predicted octanol–water partition coefficient (Wildman–Crippen LogP) is -0.545. The van der Waals surface area contributed by atoms with Crippen molar-refractivity contribution in [2.45, 2.75) is 24.8 Å². The maximum Gasteiger partial charge on any atom is 0.244 e. The van der Waals surface area contributed by atoms with Gasteiger partial charge >= 0.3 is 0 Å². The van der Waals surface area contributed by atoms with E-state index in [-0.39, 0.29) is 17.1 Å². The first kappa shape index (κ1) is 13.7. The Morgan fingerprint density at radius 3 is 2.89 bits per heavy atom. The first-order valence-electron chi connectivity index (χ1n) is 5.66. The van der Waals surface area contributed by atoms with Gasteiger partial charge in [-0.25, -0.2) is 18.1 Å². The van der Waals surface area contributed by atoms with E-state index in [1.165, 1.54) is 6.33 Å². The van der Waals surface area contributed by atoms with Crippen LogP contribution >= 0.6 is 0 Å². The highest BCUT2D eigenvalue weighted by Gasteiger charge is 2.23. The summed E-state index contributed by atoms with van der Waals surface area (Å²) >= 11 is 0. The van der Waals surface area contributed by atoms with E-state index >= 15 is 0 Å². The topological polar surface area (TPSA) is 124 Å². The van der Waals surface area contributed by atoms with Gasteiger partial charge in [0.25, 0.3) is 0 Å². The lowest BCUT2D eigenvalue weighted by Gasteiger charge is -2.06. The molecule has 0 unspecified atom stereocenters. The molecule has 0 amide bonds. The van der Waals surface area contributed by atoms with Gasteiger partial charge in [0, 0.05) is 24.9 Å². The van der Waals surface area contributed by atoms with E-state index in [9.17, 15) is 8.42 Å². The van der Waals surface area contributed by atoms with E-state index in [0.717, 1.165) is 5.69 Å². The molecule has 0 aromatic carbocycles. The van der Waals surface area contributed by atoms with Crippen molar-refractivity contribution in [1.82, 2.24) is 24.9 Å². The van der Waals surface area contributed by atoms with Gasteiger partial charge < -0.3 is 10.1 Å². The van der Waals surface area contributed by atoms with Gasteiger partial charge in [0.2, 0.25) is 10.0 Å². The van der Waals surface area contributed by atoms with Crippen molar-refractivity contribution in [3.05, 3.63) is 29.6 Å². The number of aromatic amines is 2. The number of hydrogen-bond acceptors (Lipinski definition) is 5. The van der Waals surface area contributed by atoms with Gasteiger partial charge in [-0.15, -0.1) is 0 Å². The quantitative estimate of drug-likeness (QED) is 0.567. The van der Waals surface area contributed by atoms with Gasteiger partial charge in [-0.05, 0) is 6.92 Å². The lowest BCUT2D eigenvalue weighted by atomic mass is 10.3. The van der Waals surface area contributed by atoms with Crippen molar-refractivity contribution in [2.75, 3.05) is 6.54 Å². The number of aliphatic hydroxyl groups is 1. The summed E-state index contributed by atoms with van der Waals surface area (Å²) in [5.74, 6) is 0. The molecular weight excluding hydrogens is 270 g/mol. The lowest BCUT2D eigenvalue weighted by Crippen LogP contribution is -2.27. The van der Waals surface area contributed by atoms with Gasteiger partial charge in [-0.3, -0.25) is 5.10 Å². The molecule has 0 fully saturated rings. The number of imidazole rings is 1. The van der Waals surface area contributed by atoms with E-state index in [1.54, 1.807) is 13.1 Å². The fraction of sp³-hybridized carbons (Fsp3) is 0.400. The molecule has 0 saturated heterocycles. The highest BCUT2D eigenvalue weighted by molar-refractivity contribution is 7.89. The fourth-order valence-electron chi connectivity index (χ4n) is 1.75. The number of rotatable bonds is 6. The summed E-state index contributed by atoms with van der Waals surface area (Å²) in [6, 6.07) is 0. The third kappa shape index (κ3) is 3.00.